The quantitative estimate of drug-likeness (QED) is 0.256. The van der Waals surface area contributed by atoms with E-state index in [1.54, 1.807) is 0 Å². The van der Waals surface area contributed by atoms with Gasteiger partial charge in [0.15, 0.2) is 11.6 Å². The van der Waals surface area contributed by atoms with Crippen LogP contribution in [0.1, 0.15) is 113 Å². The van der Waals surface area contributed by atoms with E-state index in [1.165, 1.54) is 0 Å². The largest absolute Gasteiger partial charge is 0.392 e. The topological polar surface area (TPSA) is 192 Å². The Balaban J connectivity index is 0.000000148. The van der Waals surface area contributed by atoms with E-state index in [2.05, 4.69) is 45.7 Å². The number of ketones is 2. The third-order valence-corrected chi connectivity index (χ3v) is 19.7. The van der Waals surface area contributed by atoms with Crippen LogP contribution >= 0.6 is 0 Å². The predicted octanol–water partition coefficient (Wildman–Crippen LogP) is 4.73. The van der Waals surface area contributed by atoms with Crippen LogP contribution in [0.3, 0.4) is 0 Å². The van der Waals surface area contributed by atoms with Gasteiger partial charge in [0.25, 0.3) is 6.48 Å². The maximum Gasteiger partial charge on any atom is 0.272 e. The van der Waals surface area contributed by atoms with Crippen molar-refractivity contribution in [2.45, 2.75) is 167 Å². The van der Waals surface area contributed by atoms with Crippen molar-refractivity contribution >= 4 is 18.0 Å². The fourth-order valence-corrected chi connectivity index (χ4v) is 17.0. The Morgan fingerprint density at radius 1 is 0.803 bits per heavy atom. The van der Waals surface area contributed by atoms with Crippen LogP contribution < -0.4 is 5.32 Å². The second-order valence-corrected chi connectivity index (χ2v) is 21.4. The number of hydrogen-bond donors (Lipinski definition) is 3. The number of carbonyl (C=O) groups excluding carboxylic acids is 3. The Labute approximate surface area is 360 Å². The fraction of sp³-hybridized carbons (Fsp3) is 0.872. The van der Waals surface area contributed by atoms with Gasteiger partial charge in [0.1, 0.15) is 23.8 Å². The molecule has 5 saturated heterocycles. The molecule has 18 atom stereocenters. The van der Waals surface area contributed by atoms with E-state index in [-0.39, 0.29) is 71.6 Å². The van der Waals surface area contributed by atoms with Crippen LogP contribution in [0.15, 0.2) is 11.6 Å². The van der Waals surface area contributed by atoms with Gasteiger partial charge in [-0.1, -0.05) is 53.7 Å². The van der Waals surface area contributed by atoms with Crippen LogP contribution in [-0.2, 0) is 47.5 Å². The normalized spacial score (nSPS) is 53.3. The molecule has 1 amide bonds. The molecule has 13 aliphatic rings. The number of rotatable bonds is 2. The number of amides is 1. The molecule has 338 valence electrons. The first-order valence-corrected chi connectivity index (χ1v) is 22.7. The Kier molecular flexibility index (Phi) is 10.5. The molecule has 0 radical (unpaired) electrons. The van der Waals surface area contributed by atoms with Gasteiger partial charge in [0, 0.05) is 78.1 Å². The zero-order chi connectivity index (χ0) is 42.4. The highest BCUT2D eigenvalue weighted by molar-refractivity contribution is 5.86. The number of Topliss-reactive ketones (excluding diaryl/α,β-unsaturated/α-hetero) is 2. The zero-order valence-corrected chi connectivity index (χ0v) is 35.8. The second-order valence-electron chi connectivity index (χ2n) is 21.4. The highest BCUT2D eigenvalue weighted by Crippen LogP contribution is 2.73. The standard InChI is InChI=1S/C23H33NO5.C22H30O7.CHN.CH4/c1-13-17(24-12-25)10-14-4-5-15-16-6-7-23(28-8-9-29-23)21(16,2)11-18(26)19(15)22(14,3)20(13)27;1-19-9-13(23)15-11(12(19)4-6-22(19)25-7-8-26-22)3-5-21-10-14-16(24)17(20(15,21)2)28-18(27-14)29-21;1-2;/h10,12-13,15-17,19-20,27H,4-9,11H2,1-3H3,(H,24,25);11-12,14-18,24H,3-10H2,1-2H3;1H;1H4/t13-,15+,16+,17+,19-,20+,21+,22+;;;/m1.../s1. The molecule has 14 heteroatoms. The third kappa shape index (κ3) is 5.36. The number of aliphatic hydroxyl groups excluding tert-OH is 2. The van der Waals surface area contributed by atoms with E-state index >= 15 is 0 Å². The number of ether oxygens (including phenoxy) is 7. The van der Waals surface area contributed by atoms with E-state index in [9.17, 15) is 24.6 Å². The molecule has 4 bridgehead atoms. The first kappa shape index (κ1) is 43.9. The Morgan fingerprint density at radius 3 is 1.93 bits per heavy atom. The predicted molar refractivity (Wildman–Crippen MR) is 216 cm³/mol. The van der Waals surface area contributed by atoms with E-state index in [1.807, 2.05) is 6.92 Å². The van der Waals surface area contributed by atoms with E-state index in [0.717, 1.165) is 56.9 Å². The van der Waals surface area contributed by atoms with Crippen molar-refractivity contribution in [3.05, 3.63) is 11.6 Å². The number of fused-ring (bicyclic) bond motifs is 10. The maximum atomic E-state index is 13.9. The summed E-state index contributed by atoms with van der Waals surface area (Å²) in [5.41, 5.74) is -0.956. The molecule has 12 fully saturated rings. The van der Waals surface area contributed by atoms with Crippen LogP contribution in [0.25, 0.3) is 0 Å². The first-order chi connectivity index (χ1) is 28.6. The Morgan fingerprint density at radius 2 is 1.36 bits per heavy atom. The number of aliphatic hydroxyl groups is 2. The van der Waals surface area contributed by atoms with Gasteiger partial charge >= 0.3 is 0 Å². The number of carbonyl (C=O) groups is 3. The van der Waals surface area contributed by atoms with Gasteiger partial charge in [-0.3, -0.25) is 14.4 Å². The zero-order valence-electron chi connectivity index (χ0n) is 35.8. The molecule has 0 aromatic carbocycles. The van der Waals surface area contributed by atoms with E-state index in [4.69, 9.17) is 38.4 Å². The molecule has 14 nitrogen and oxygen atoms in total. The van der Waals surface area contributed by atoms with E-state index in [0.29, 0.717) is 63.9 Å². The summed E-state index contributed by atoms with van der Waals surface area (Å²) in [4.78, 5) is 38.6. The molecule has 7 saturated carbocycles. The summed E-state index contributed by atoms with van der Waals surface area (Å²) in [7, 11) is 0. The van der Waals surface area contributed by atoms with Gasteiger partial charge in [0.2, 0.25) is 6.41 Å². The van der Waals surface area contributed by atoms with Gasteiger partial charge in [-0.05, 0) is 62.2 Å². The van der Waals surface area contributed by atoms with Crippen molar-refractivity contribution in [1.29, 1.82) is 5.26 Å². The summed E-state index contributed by atoms with van der Waals surface area (Å²) in [6.07, 6.45) is 9.79. The third-order valence-electron chi connectivity index (χ3n) is 19.7. The van der Waals surface area contributed by atoms with Crippen molar-refractivity contribution in [3.8, 4) is 6.57 Å². The summed E-state index contributed by atoms with van der Waals surface area (Å²) < 4.78 is 42.7. The van der Waals surface area contributed by atoms with Gasteiger partial charge in [-0.15, -0.1) is 0 Å². The van der Waals surface area contributed by atoms with Crippen LogP contribution in [0.5, 0.6) is 0 Å². The lowest BCUT2D eigenvalue weighted by Gasteiger charge is -2.72. The smallest absolute Gasteiger partial charge is 0.272 e. The van der Waals surface area contributed by atoms with Gasteiger partial charge in [-0.25, -0.2) is 5.26 Å². The number of nitrogens with one attached hydrogen (secondary N) is 1. The van der Waals surface area contributed by atoms with Crippen molar-refractivity contribution < 1.29 is 57.8 Å². The Hall–Kier alpha value is -2.32. The molecule has 10 unspecified atom stereocenters. The minimum atomic E-state index is -0.704. The summed E-state index contributed by atoms with van der Waals surface area (Å²) in [6, 6.07) is -0.180. The maximum absolute atomic E-state index is 13.9. The molecule has 13 rings (SSSR count). The molecule has 0 aromatic rings. The lowest BCUT2D eigenvalue weighted by molar-refractivity contribution is -0.512. The fourth-order valence-electron chi connectivity index (χ4n) is 17.0. The number of nitrogens with zero attached hydrogens (tertiary/aromatic N) is 1. The highest BCUT2D eigenvalue weighted by Gasteiger charge is 2.78. The van der Waals surface area contributed by atoms with Crippen molar-refractivity contribution in [3.63, 3.8) is 0 Å². The summed E-state index contributed by atoms with van der Waals surface area (Å²) >= 11 is 0. The molecule has 8 aliphatic carbocycles. The molecule has 61 heavy (non-hydrogen) atoms. The van der Waals surface area contributed by atoms with Crippen LogP contribution in [0.4, 0.5) is 0 Å². The number of nitriles is 1. The second kappa shape index (κ2) is 14.6. The van der Waals surface area contributed by atoms with Gasteiger partial charge < -0.3 is 48.7 Å². The average Bonchev–Trinajstić information content (AvgIpc) is 4.02. The monoisotopic (exact) mass is 852 g/mol. The summed E-state index contributed by atoms with van der Waals surface area (Å²) in [5.74, 6) is 0.0835. The summed E-state index contributed by atoms with van der Waals surface area (Å²) in [6.45, 7) is 15.8. The highest BCUT2D eigenvalue weighted by atomic mass is 16.9. The van der Waals surface area contributed by atoms with E-state index < -0.39 is 52.8 Å². The van der Waals surface area contributed by atoms with Crippen LogP contribution in [-0.4, -0.2) is 109 Å². The lowest BCUT2D eigenvalue weighted by Crippen LogP contribution is -2.81. The average molecular weight is 853 g/mol. The van der Waals surface area contributed by atoms with Crippen molar-refractivity contribution in [1.82, 2.24) is 5.32 Å². The minimum Gasteiger partial charge on any atom is -0.392 e. The van der Waals surface area contributed by atoms with Gasteiger partial charge in [0.05, 0.1) is 50.3 Å². The molecule has 3 spiro atoms. The molecular formula is C47H68N2O12. The van der Waals surface area contributed by atoms with Crippen LogP contribution in [0.2, 0.25) is 0 Å². The van der Waals surface area contributed by atoms with Gasteiger partial charge in [-0.2, -0.15) is 0 Å². The molecule has 5 aliphatic heterocycles. The molecule has 0 aromatic heterocycles. The van der Waals surface area contributed by atoms with Crippen molar-refractivity contribution in [2.24, 2.45) is 63.1 Å². The minimum absolute atomic E-state index is 0. The number of hydrogen-bond acceptors (Lipinski definition) is 13. The Bertz CT molecular complexity index is 1840. The first-order valence-electron chi connectivity index (χ1n) is 22.7. The molecular weight excluding hydrogens is 785 g/mol. The van der Waals surface area contributed by atoms with Crippen molar-refractivity contribution in [2.75, 3.05) is 26.4 Å². The lowest BCUT2D eigenvalue weighted by atomic mass is 9.41. The molecule has 5 heterocycles. The van der Waals surface area contributed by atoms with Crippen LogP contribution in [0, 0.1) is 74.9 Å². The summed E-state index contributed by atoms with van der Waals surface area (Å²) in [5, 5.41) is 31.7. The molecule has 3 N–H and O–H groups in total. The SMILES string of the molecule is C.C#N.CC12CC(=O)C3C(CCC45CC6OC(OC(C6O)C34C)O5)C1CCC21OCCO1.C[C@@H]1[C@@H](NC=O)C=C2CC[C@@H]3[C@H](C(=O)C[C@@]4(C)[C@H]3CCC43OCCO3)[C@@]2(C)[C@H]1O.